The Labute approximate surface area is 152 Å². The Morgan fingerprint density at radius 3 is 2.69 bits per heavy atom. The SMILES string of the molecule is O=C(Nc1cccc2cccnc12)C1CCN(C(=O)C2CCCO2)CC1. The number of carbonyl (C=O) groups excluding carboxylic acids is 2. The molecule has 4 rings (SSSR count). The molecule has 6 heteroatoms. The summed E-state index contributed by atoms with van der Waals surface area (Å²) in [5, 5.41) is 4.03. The van der Waals surface area contributed by atoms with Crippen molar-refractivity contribution in [3.05, 3.63) is 36.5 Å². The standard InChI is InChI=1S/C20H23N3O3/c24-19(22-16-6-1-4-14-5-2-10-21-18(14)16)15-8-11-23(12-9-15)20(25)17-7-3-13-26-17/h1-2,4-6,10,15,17H,3,7-9,11-13H2,(H,22,24). The summed E-state index contributed by atoms with van der Waals surface area (Å²) in [6.07, 6.45) is 4.59. The van der Waals surface area contributed by atoms with Crippen LogP contribution < -0.4 is 5.32 Å². The van der Waals surface area contributed by atoms with Crippen LogP contribution in [0, 0.1) is 5.92 Å². The van der Waals surface area contributed by atoms with Gasteiger partial charge in [0.15, 0.2) is 0 Å². The highest BCUT2D eigenvalue weighted by molar-refractivity contribution is 6.01. The largest absolute Gasteiger partial charge is 0.368 e. The fourth-order valence-electron chi connectivity index (χ4n) is 3.78. The number of hydrogen-bond donors (Lipinski definition) is 1. The first-order valence-electron chi connectivity index (χ1n) is 9.27. The molecule has 0 bridgehead atoms. The highest BCUT2D eigenvalue weighted by Crippen LogP contribution is 2.25. The second-order valence-electron chi connectivity index (χ2n) is 6.97. The Morgan fingerprint density at radius 1 is 1.12 bits per heavy atom. The summed E-state index contributed by atoms with van der Waals surface area (Å²) in [6.45, 7) is 1.91. The number of carbonyl (C=O) groups is 2. The van der Waals surface area contributed by atoms with Crippen LogP contribution in [0.4, 0.5) is 5.69 Å². The van der Waals surface area contributed by atoms with Crippen molar-refractivity contribution < 1.29 is 14.3 Å². The predicted molar refractivity (Wildman–Crippen MR) is 98.7 cm³/mol. The molecule has 1 unspecified atom stereocenters. The Bertz CT molecular complexity index is 804. The highest BCUT2D eigenvalue weighted by Gasteiger charge is 2.32. The van der Waals surface area contributed by atoms with Crippen molar-refractivity contribution in [1.29, 1.82) is 0 Å². The molecule has 0 radical (unpaired) electrons. The van der Waals surface area contributed by atoms with E-state index >= 15 is 0 Å². The molecule has 136 valence electrons. The molecule has 1 aromatic carbocycles. The van der Waals surface area contributed by atoms with Crippen molar-refractivity contribution in [3.8, 4) is 0 Å². The van der Waals surface area contributed by atoms with Crippen molar-refractivity contribution in [3.63, 3.8) is 0 Å². The van der Waals surface area contributed by atoms with E-state index in [4.69, 9.17) is 4.74 Å². The van der Waals surface area contributed by atoms with Crippen LogP contribution in [0.2, 0.25) is 0 Å². The topological polar surface area (TPSA) is 71.5 Å². The molecule has 2 aliphatic heterocycles. The average molecular weight is 353 g/mol. The lowest BCUT2D eigenvalue weighted by atomic mass is 9.95. The van der Waals surface area contributed by atoms with E-state index in [1.165, 1.54) is 0 Å². The number of anilines is 1. The van der Waals surface area contributed by atoms with Gasteiger partial charge in [0.25, 0.3) is 5.91 Å². The van der Waals surface area contributed by atoms with Gasteiger partial charge in [0.05, 0.1) is 11.2 Å². The summed E-state index contributed by atoms with van der Waals surface area (Å²) >= 11 is 0. The van der Waals surface area contributed by atoms with Crippen molar-refractivity contribution in [2.45, 2.75) is 31.8 Å². The van der Waals surface area contributed by atoms with Crippen LogP contribution in [-0.2, 0) is 14.3 Å². The molecule has 26 heavy (non-hydrogen) atoms. The maximum absolute atomic E-state index is 12.7. The summed E-state index contributed by atoms with van der Waals surface area (Å²) in [5.74, 6) is 0.00879. The molecular weight excluding hydrogens is 330 g/mol. The first kappa shape index (κ1) is 17.0. The van der Waals surface area contributed by atoms with Crippen LogP contribution in [0.25, 0.3) is 10.9 Å². The maximum Gasteiger partial charge on any atom is 0.251 e. The predicted octanol–water partition coefficient (Wildman–Crippen LogP) is 2.59. The summed E-state index contributed by atoms with van der Waals surface area (Å²) in [4.78, 5) is 31.3. The van der Waals surface area contributed by atoms with Crippen LogP contribution in [0.3, 0.4) is 0 Å². The minimum absolute atomic E-state index is 0.00682. The number of rotatable bonds is 3. The number of nitrogens with one attached hydrogen (secondary N) is 1. The third kappa shape index (κ3) is 3.42. The summed E-state index contributed by atoms with van der Waals surface area (Å²) in [5.41, 5.74) is 1.54. The van der Waals surface area contributed by atoms with E-state index in [9.17, 15) is 9.59 Å². The zero-order valence-corrected chi connectivity index (χ0v) is 14.7. The van der Waals surface area contributed by atoms with Crippen molar-refractivity contribution in [1.82, 2.24) is 9.88 Å². The minimum Gasteiger partial charge on any atom is -0.368 e. The smallest absolute Gasteiger partial charge is 0.251 e. The van der Waals surface area contributed by atoms with Crippen molar-refractivity contribution in [2.24, 2.45) is 5.92 Å². The molecule has 2 aliphatic rings. The molecule has 0 aliphatic carbocycles. The zero-order valence-electron chi connectivity index (χ0n) is 14.7. The molecule has 6 nitrogen and oxygen atoms in total. The van der Waals surface area contributed by atoms with E-state index in [1.54, 1.807) is 6.20 Å². The number of benzene rings is 1. The second kappa shape index (κ2) is 7.41. The van der Waals surface area contributed by atoms with Gasteiger partial charge in [-0.1, -0.05) is 18.2 Å². The van der Waals surface area contributed by atoms with Crippen LogP contribution in [0.15, 0.2) is 36.5 Å². The van der Waals surface area contributed by atoms with Gasteiger partial charge in [0.1, 0.15) is 6.10 Å². The number of amides is 2. The molecule has 0 spiro atoms. The van der Waals surface area contributed by atoms with Crippen molar-refractivity contribution >= 4 is 28.4 Å². The van der Waals surface area contributed by atoms with Crippen molar-refractivity contribution in [2.75, 3.05) is 25.0 Å². The lowest BCUT2D eigenvalue weighted by molar-refractivity contribution is -0.143. The fourth-order valence-corrected chi connectivity index (χ4v) is 3.78. The molecule has 2 fully saturated rings. The molecule has 0 saturated carbocycles. The maximum atomic E-state index is 12.7. The molecule has 2 saturated heterocycles. The van der Waals surface area contributed by atoms with Crippen LogP contribution in [0.5, 0.6) is 0 Å². The first-order chi connectivity index (χ1) is 12.7. The normalized spacial score (nSPS) is 21.1. The number of para-hydroxylation sites is 1. The summed E-state index contributed by atoms with van der Waals surface area (Å²) in [7, 11) is 0. The van der Waals surface area contributed by atoms with E-state index in [1.807, 2.05) is 35.2 Å². The van der Waals surface area contributed by atoms with Gasteiger partial charge in [0.2, 0.25) is 5.91 Å². The number of hydrogen-bond acceptors (Lipinski definition) is 4. The monoisotopic (exact) mass is 353 g/mol. The van der Waals surface area contributed by atoms with Gasteiger partial charge in [0, 0.05) is 37.2 Å². The van der Waals surface area contributed by atoms with Gasteiger partial charge < -0.3 is 15.0 Å². The van der Waals surface area contributed by atoms with Gasteiger partial charge in [-0.25, -0.2) is 0 Å². The third-order valence-electron chi connectivity index (χ3n) is 5.27. The quantitative estimate of drug-likeness (QED) is 0.921. The van der Waals surface area contributed by atoms with E-state index in [-0.39, 0.29) is 23.8 Å². The summed E-state index contributed by atoms with van der Waals surface area (Å²) < 4.78 is 5.48. The Balaban J connectivity index is 1.37. The Kier molecular flexibility index (Phi) is 4.84. The van der Waals surface area contributed by atoms with E-state index in [0.717, 1.165) is 29.4 Å². The molecule has 3 heterocycles. The van der Waals surface area contributed by atoms with E-state index in [0.29, 0.717) is 32.5 Å². The zero-order chi connectivity index (χ0) is 17.9. The minimum atomic E-state index is -0.276. The second-order valence-corrected chi connectivity index (χ2v) is 6.97. The van der Waals surface area contributed by atoms with E-state index in [2.05, 4.69) is 10.3 Å². The summed E-state index contributed by atoms with van der Waals surface area (Å²) in [6, 6.07) is 9.64. The fraction of sp³-hybridized carbons (Fsp3) is 0.450. The molecule has 1 atom stereocenters. The molecule has 1 N–H and O–H groups in total. The van der Waals surface area contributed by atoms with Gasteiger partial charge in [-0.15, -0.1) is 0 Å². The van der Waals surface area contributed by atoms with Crippen LogP contribution in [0.1, 0.15) is 25.7 Å². The van der Waals surface area contributed by atoms with E-state index < -0.39 is 0 Å². The number of fused-ring (bicyclic) bond motifs is 1. The highest BCUT2D eigenvalue weighted by atomic mass is 16.5. The number of ether oxygens (including phenoxy) is 1. The Hall–Kier alpha value is -2.47. The molecule has 2 amide bonds. The Morgan fingerprint density at radius 2 is 1.92 bits per heavy atom. The lowest BCUT2D eigenvalue weighted by Crippen LogP contribution is -2.45. The van der Waals surface area contributed by atoms with Gasteiger partial charge in [-0.05, 0) is 37.8 Å². The number of piperidine rings is 1. The van der Waals surface area contributed by atoms with Gasteiger partial charge in [-0.2, -0.15) is 0 Å². The first-order valence-corrected chi connectivity index (χ1v) is 9.27. The number of nitrogens with zero attached hydrogens (tertiary/aromatic N) is 2. The van der Waals surface area contributed by atoms with Crippen LogP contribution in [-0.4, -0.2) is 47.5 Å². The van der Waals surface area contributed by atoms with Gasteiger partial charge in [-0.3, -0.25) is 14.6 Å². The molecular formula is C20H23N3O3. The average Bonchev–Trinajstić information content (AvgIpc) is 3.23. The van der Waals surface area contributed by atoms with Crippen LogP contribution >= 0.6 is 0 Å². The van der Waals surface area contributed by atoms with Gasteiger partial charge >= 0.3 is 0 Å². The number of aromatic nitrogens is 1. The molecule has 2 aromatic rings. The lowest BCUT2D eigenvalue weighted by Gasteiger charge is -2.32. The number of pyridine rings is 1. The number of likely N-dealkylation sites (tertiary alicyclic amines) is 1. The third-order valence-corrected chi connectivity index (χ3v) is 5.27. The molecule has 1 aromatic heterocycles.